The summed E-state index contributed by atoms with van der Waals surface area (Å²) in [6, 6.07) is 10.4. The van der Waals surface area contributed by atoms with Crippen LogP contribution in [-0.4, -0.2) is 53.2 Å². The van der Waals surface area contributed by atoms with Crippen LogP contribution in [0.15, 0.2) is 35.4 Å². The fourth-order valence-corrected chi connectivity index (χ4v) is 4.58. The van der Waals surface area contributed by atoms with Gasteiger partial charge in [0.1, 0.15) is 0 Å². The summed E-state index contributed by atoms with van der Waals surface area (Å²) in [5.74, 6) is 0.474. The van der Waals surface area contributed by atoms with E-state index >= 15 is 0 Å². The summed E-state index contributed by atoms with van der Waals surface area (Å²) in [6.45, 7) is 7.62. The van der Waals surface area contributed by atoms with Crippen molar-refractivity contribution >= 4 is 35.8 Å². The number of benzene rings is 1. The SMILES string of the molecule is CN/C=C\c1c(C=O)c(Nc2ccc(SN(C)C(C)(C)C)cc2)nn1C1(CC#N)CCOCC1. The van der Waals surface area contributed by atoms with E-state index in [1.807, 2.05) is 35.0 Å². The molecule has 0 aliphatic carbocycles. The average molecular weight is 483 g/mol. The Labute approximate surface area is 206 Å². The maximum atomic E-state index is 12.2. The smallest absolute Gasteiger partial charge is 0.163 e. The van der Waals surface area contributed by atoms with Crippen LogP contribution in [0.5, 0.6) is 0 Å². The fourth-order valence-electron chi connectivity index (χ4n) is 3.73. The lowest BCUT2D eigenvalue weighted by Gasteiger charge is -2.36. The van der Waals surface area contributed by atoms with Gasteiger partial charge in [-0.3, -0.25) is 9.48 Å². The first kappa shape index (κ1) is 25.8. The van der Waals surface area contributed by atoms with Crippen LogP contribution in [0.25, 0.3) is 6.08 Å². The fraction of sp³-hybridized carbons (Fsp3) is 0.480. The molecule has 0 unspecified atom stereocenters. The van der Waals surface area contributed by atoms with Crippen molar-refractivity contribution in [2.75, 3.05) is 32.6 Å². The Morgan fingerprint density at radius 1 is 1.29 bits per heavy atom. The Balaban J connectivity index is 1.95. The normalized spacial score (nSPS) is 15.9. The minimum atomic E-state index is -0.518. The third-order valence-corrected chi connectivity index (χ3v) is 7.37. The van der Waals surface area contributed by atoms with Gasteiger partial charge in [-0.05, 0) is 89.1 Å². The van der Waals surface area contributed by atoms with Gasteiger partial charge in [0, 0.05) is 36.4 Å². The average Bonchev–Trinajstić information content (AvgIpc) is 3.16. The number of anilines is 2. The molecule has 8 nitrogen and oxygen atoms in total. The molecule has 0 saturated carbocycles. The summed E-state index contributed by atoms with van der Waals surface area (Å²) in [7, 11) is 3.88. The molecular weight excluding hydrogens is 448 g/mol. The van der Waals surface area contributed by atoms with Gasteiger partial charge in [-0.25, -0.2) is 4.31 Å². The van der Waals surface area contributed by atoms with Crippen molar-refractivity contribution < 1.29 is 9.53 Å². The second-order valence-electron chi connectivity index (χ2n) is 9.38. The van der Waals surface area contributed by atoms with E-state index in [-0.39, 0.29) is 5.54 Å². The number of nitrogens with zero attached hydrogens (tertiary/aromatic N) is 4. The number of aromatic nitrogens is 2. The lowest BCUT2D eigenvalue weighted by Crippen LogP contribution is -2.40. The van der Waals surface area contributed by atoms with Gasteiger partial charge in [0.05, 0.1) is 29.3 Å². The molecule has 2 heterocycles. The molecule has 3 rings (SSSR count). The van der Waals surface area contributed by atoms with Crippen molar-refractivity contribution in [3.05, 3.63) is 41.7 Å². The topological polar surface area (TPSA) is 95.2 Å². The van der Waals surface area contributed by atoms with Crippen molar-refractivity contribution in [3.8, 4) is 6.07 Å². The number of hydrogen-bond donors (Lipinski definition) is 2. The van der Waals surface area contributed by atoms with E-state index in [2.05, 4.69) is 48.8 Å². The predicted molar refractivity (Wildman–Crippen MR) is 137 cm³/mol. The number of nitriles is 1. The number of carbonyl (C=O) groups excluding carboxylic acids is 1. The van der Waals surface area contributed by atoms with Crippen LogP contribution in [0.4, 0.5) is 11.5 Å². The zero-order valence-electron chi connectivity index (χ0n) is 20.6. The molecule has 1 aliphatic heterocycles. The molecule has 1 fully saturated rings. The van der Waals surface area contributed by atoms with Crippen LogP contribution >= 0.6 is 11.9 Å². The molecule has 34 heavy (non-hydrogen) atoms. The van der Waals surface area contributed by atoms with Gasteiger partial charge in [-0.1, -0.05) is 0 Å². The highest BCUT2D eigenvalue weighted by molar-refractivity contribution is 7.97. The zero-order chi connectivity index (χ0) is 24.8. The van der Waals surface area contributed by atoms with Crippen molar-refractivity contribution in [2.24, 2.45) is 0 Å². The first-order valence-electron chi connectivity index (χ1n) is 11.4. The Kier molecular flexibility index (Phi) is 8.42. The molecule has 9 heteroatoms. The zero-order valence-corrected chi connectivity index (χ0v) is 21.4. The lowest BCUT2D eigenvalue weighted by atomic mass is 9.87. The molecule has 2 aromatic rings. The number of aldehydes is 1. The number of rotatable bonds is 9. The van der Waals surface area contributed by atoms with Crippen molar-refractivity contribution in [1.29, 1.82) is 5.26 Å². The third-order valence-electron chi connectivity index (χ3n) is 6.07. The molecular formula is C25H34N6O2S. The lowest BCUT2D eigenvalue weighted by molar-refractivity contribution is 0.0170. The molecule has 1 aromatic heterocycles. The Hall–Kier alpha value is -2.80. The van der Waals surface area contributed by atoms with Gasteiger partial charge in [-0.15, -0.1) is 0 Å². The molecule has 1 aromatic carbocycles. The van der Waals surface area contributed by atoms with E-state index in [0.29, 0.717) is 49.6 Å². The predicted octanol–water partition coefficient (Wildman–Crippen LogP) is 4.79. The van der Waals surface area contributed by atoms with Crippen molar-refractivity contribution in [2.45, 2.75) is 56.0 Å². The van der Waals surface area contributed by atoms with E-state index in [0.717, 1.165) is 16.9 Å². The Bertz CT molecular complexity index is 1040. The number of carbonyl (C=O) groups is 1. The van der Waals surface area contributed by atoms with Gasteiger partial charge in [0.2, 0.25) is 0 Å². The molecule has 0 atom stereocenters. The van der Waals surface area contributed by atoms with Gasteiger partial charge < -0.3 is 15.4 Å². The van der Waals surface area contributed by atoms with Crippen LogP contribution in [0.2, 0.25) is 0 Å². The second kappa shape index (κ2) is 11.1. The molecule has 2 N–H and O–H groups in total. The number of ether oxygens (including phenoxy) is 1. The van der Waals surface area contributed by atoms with Crippen molar-refractivity contribution in [1.82, 2.24) is 19.4 Å². The van der Waals surface area contributed by atoms with Gasteiger partial charge in [0.15, 0.2) is 12.1 Å². The highest BCUT2D eigenvalue weighted by atomic mass is 32.2. The molecule has 182 valence electrons. The number of hydrogen-bond acceptors (Lipinski definition) is 8. The highest BCUT2D eigenvalue weighted by Gasteiger charge is 2.38. The molecule has 0 spiro atoms. The molecule has 0 radical (unpaired) electrons. The highest BCUT2D eigenvalue weighted by Crippen LogP contribution is 2.37. The van der Waals surface area contributed by atoms with Crippen LogP contribution in [0.1, 0.15) is 56.1 Å². The summed E-state index contributed by atoms with van der Waals surface area (Å²) >= 11 is 1.68. The summed E-state index contributed by atoms with van der Waals surface area (Å²) in [5, 5.41) is 20.7. The molecule has 0 bridgehead atoms. The van der Waals surface area contributed by atoms with Crippen LogP contribution in [-0.2, 0) is 10.3 Å². The Morgan fingerprint density at radius 3 is 2.53 bits per heavy atom. The minimum Gasteiger partial charge on any atom is -0.394 e. The number of nitrogens with one attached hydrogen (secondary N) is 2. The first-order chi connectivity index (χ1) is 16.2. The van der Waals surface area contributed by atoms with Gasteiger partial charge in [-0.2, -0.15) is 10.4 Å². The maximum absolute atomic E-state index is 12.2. The summed E-state index contributed by atoms with van der Waals surface area (Å²) < 4.78 is 9.62. The third kappa shape index (κ3) is 5.81. The minimum absolute atomic E-state index is 0.0497. The monoisotopic (exact) mass is 482 g/mol. The van der Waals surface area contributed by atoms with Gasteiger partial charge in [0.25, 0.3) is 0 Å². The largest absolute Gasteiger partial charge is 0.394 e. The summed E-state index contributed by atoms with van der Waals surface area (Å²) in [5.41, 5.74) is 1.50. The van der Waals surface area contributed by atoms with Gasteiger partial charge >= 0.3 is 0 Å². The maximum Gasteiger partial charge on any atom is 0.163 e. The Morgan fingerprint density at radius 2 is 1.97 bits per heavy atom. The van der Waals surface area contributed by atoms with E-state index in [9.17, 15) is 10.1 Å². The summed E-state index contributed by atoms with van der Waals surface area (Å²) in [4.78, 5) is 13.3. The molecule has 1 saturated heterocycles. The quantitative estimate of drug-likeness (QED) is 0.389. The summed E-state index contributed by atoms with van der Waals surface area (Å²) in [6.07, 6.45) is 6.04. The van der Waals surface area contributed by atoms with E-state index < -0.39 is 5.54 Å². The van der Waals surface area contributed by atoms with Crippen LogP contribution in [0, 0.1) is 11.3 Å². The van der Waals surface area contributed by atoms with E-state index in [1.54, 1.807) is 25.2 Å². The van der Waals surface area contributed by atoms with E-state index in [1.165, 1.54) is 0 Å². The molecule has 1 aliphatic rings. The van der Waals surface area contributed by atoms with Crippen LogP contribution < -0.4 is 10.6 Å². The standard InChI is InChI=1S/C25H34N6O2S/c1-24(2,3)30(5)34-20-8-6-19(7-9-20)28-23-21(18-32)22(10-15-27-4)31(29-23)25(11-14-26)12-16-33-17-13-25/h6-10,15,18,27H,11-13,16-17H2,1-5H3,(H,28,29)/b15-10-. The second-order valence-corrected chi connectivity index (χ2v) is 10.6. The van der Waals surface area contributed by atoms with E-state index in [4.69, 9.17) is 9.84 Å². The first-order valence-corrected chi connectivity index (χ1v) is 12.2. The molecule has 0 amide bonds. The van der Waals surface area contributed by atoms with Crippen molar-refractivity contribution in [3.63, 3.8) is 0 Å². The van der Waals surface area contributed by atoms with Crippen LogP contribution in [0.3, 0.4) is 0 Å².